The van der Waals surface area contributed by atoms with Crippen LogP contribution in [0.4, 0.5) is 10.1 Å². The molecule has 1 aromatic heterocycles. The number of carbonyl (C=O) groups excluding carboxylic acids is 2. The number of halogens is 3. The second-order valence-electron chi connectivity index (χ2n) is 5.04. The van der Waals surface area contributed by atoms with Crippen LogP contribution < -0.4 is 5.32 Å². The van der Waals surface area contributed by atoms with Crippen LogP contribution >= 0.6 is 23.2 Å². The van der Waals surface area contributed by atoms with Crippen LogP contribution in [0.15, 0.2) is 46.9 Å². The monoisotopic (exact) mass is 381 g/mol. The lowest BCUT2D eigenvalue weighted by Gasteiger charge is -2.07. The molecule has 8 heteroatoms. The molecule has 0 aliphatic heterocycles. The SMILES string of the molecule is O=C(COC(=O)c1cc2cc(Cl)ccc2o1)Nc1ccc(F)cc1Cl. The minimum absolute atomic E-state index is 0.0360. The molecule has 1 heterocycles. The summed E-state index contributed by atoms with van der Waals surface area (Å²) in [6.07, 6.45) is 0. The first-order valence-corrected chi connectivity index (χ1v) is 7.79. The van der Waals surface area contributed by atoms with Crippen LogP contribution in [-0.4, -0.2) is 18.5 Å². The number of rotatable bonds is 4. The number of benzene rings is 2. The molecule has 0 saturated heterocycles. The third-order valence-corrected chi connectivity index (χ3v) is 3.77. The van der Waals surface area contributed by atoms with Gasteiger partial charge >= 0.3 is 5.97 Å². The van der Waals surface area contributed by atoms with Gasteiger partial charge < -0.3 is 14.5 Å². The number of furan rings is 1. The van der Waals surface area contributed by atoms with Gasteiger partial charge in [-0.1, -0.05) is 23.2 Å². The van der Waals surface area contributed by atoms with E-state index >= 15 is 0 Å². The summed E-state index contributed by atoms with van der Waals surface area (Å²) in [7, 11) is 0. The molecule has 128 valence electrons. The fraction of sp³-hybridized carbons (Fsp3) is 0.0588. The van der Waals surface area contributed by atoms with Crippen molar-refractivity contribution in [1.82, 2.24) is 0 Å². The molecule has 0 radical (unpaired) electrons. The van der Waals surface area contributed by atoms with Crippen molar-refractivity contribution in [2.45, 2.75) is 0 Å². The molecule has 2 aromatic carbocycles. The van der Waals surface area contributed by atoms with Gasteiger partial charge in [-0.15, -0.1) is 0 Å². The molecule has 0 unspecified atom stereocenters. The summed E-state index contributed by atoms with van der Waals surface area (Å²) in [6, 6.07) is 9.87. The molecular weight excluding hydrogens is 372 g/mol. The van der Waals surface area contributed by atoms with E-state index < -0.39 is 24.3 Å². The molecule has 0 saturated carbocycles. The van der Waals surface area contributed by atoms with Gasteiger partial charge in [0, 0.05) is 10.4 Å². The second-order valence-corrected chi connectivity index (χ2v) is 5.88. The normalized spacial score (nSPS) is 10.7. The zero-order valence-electron chi connectivity index (χ0n) is 12.5. The molecule has 3 rings (SSSR count). The van der Waals surface area contributed by atoms with Crippen LogP contribution in [0.3, 0.4) is 0 Å². The van der Waals surface area contributed by atoms with Crippen LogP contribution in [-0.2, 0) is 9.53 Å². The Balaban J connectivity index is 1.61. The zero-order valence-corrected chi connectivity index (χ0v) is 14.0. The fourth-order valence-electron chi connectivity index (χ4n) is 2.09. The first kappa shape index (κ1) is 17.3. The minimum Gasteiger partial charge on any atom is -0.450 e. The van der Waals surface area contributed by atoms with E-state index in [1.807, 2.05) is 0 Å². The summed E-state index contributed by atoms with van der Waals surface area (Å²) in [6.45, 7) is -0.551. The third-order valence-electron chi connectivity index (χ3n) is 3.22. The molecule has 0 bridgehead atoms. The zero-order chi connectivity index (χ0) is 18.0. The molecule has 3 aromatic rings. The van der Waals surface area contributed by atoms with E-state index in [0.717, 1.165) is 12.1 Å². The van der Waals surface area contributed by atoms with E-state index in [4.69, 9.17) is 32.4 Å². The van der Waals surface area contributed by atoms with Crippen LogP contribution in [0, 0.1) is 5.82 Å². The van der Waals surface area contributed by atoms with Crippen molar-refractivity contribution in [3.05, 3.63) is 64.1 Å². The predicted molar refractivity (Wildman–Crippen MR) is 91.5 cm³/mol. The van der Waals surface area contributed by atoms with Gasteiger partial charge in [-0.3, -0.25) is 4.79 Å². The summed E-state index contributed by atoms with van der Waals surface area (Å²) in [4.78, 5) is 23.8. The molecule has 0 fully saturated rings. The summed E-state index contributed by atoms with van der Waals surface area (Å²) in [5, 5.41) is 3.60. The highest BCUT2D eigenvalue weighted by molar-refractivity contribution is 6.33. The Kier molecular flexibility index (Phi) is 4.92. The van der Waals surface area contributed by atoms with Crippen molar-refractivity contribution in [2.75, 3.05) is 11.9 Å². The van der Waals surface area contributed by atoms with E-state index in [1.54, 1.807) is 18.2 Å². The molecule has 5 nitrogen and oxygen atoms in total. The molecule has 0 aliphatic carbocycles. The third kappa shape index (κ3) is 4.10. The van der Waals surface area contributed by atoms with Gasteiger partial charge in [0.25, 0.3) is 5.91 Å². The Morgan fingerprint density at radius 3 is 2.68 bits per heavy atom. The number of hydrogen-bond acceptors (Lipinski definition) is 4. The molecular formula is C17H10Cl2FNO4. The van der Waals surface area contributed by atoms with Gasteiger partial charge in [-0.25, -0.2) is 9.18 Å². The van der Waals surface area contributed by atoms with E-state index in [2.05, 4.69) is 5.32 Å². The van der Waals surface area contributed by atoms with Crippen molar-refractivity contribution >= 4 is 51.7 Å². The Bertz CT molecular complexity index is 970. The van der Waals surface area contributed by atoms with Crippen molar-refractivity contribution in [3.8, 4) is 0 Å². The van der Waals surface area contributed by atoms with E-state index in [9.17, 15) is 14.0 Å². The van der Waals surface area contributed by atoms with Crippen LogP contribution in [0.5, 0.6) is 0 Å². The number of fused-ring (bicyclic) bond motifs is 1. The average Bonchev–Trinajstić information content (AvgIpc) is 2.98. The smallest absolute Gasteiger partial charge is 0.374 e. The lowest BCUT2D eigenvalue weighted by molar-refractivity contribution is -0.119. The Hall–Kier alpha value is -2.57. The number of anilines is 1. The number of hydrogen-bond donors (Lipinski definition) is 1. The van der Waals surface area contributed by atoms with Gasteiger partial charge in [-0.05, 0) is 42.5 Å². The molecule has 25 heavy (non-hydrogen) atoms. The first-order valence-electron chi connectivity index (χ1n) is 7.03. The lowest BCUT2D eigenvalue weighted by atomic mass is 10.2. The van der Waals surface area contributed by atoms with Crippen LogP contribution in [0.1, 0.15) is 10.6 Å². The van der Waals surface area contributed by atoms with Gasteiger partial charge in [0.1, 0.15) is 11.4 Å². The van der Waals surface area contributed by atoms with E-state index in [-0.39, 0.29) is 16.5 Å². The van der Waals surface area contributed by atoms with Crippen LogP contribution in [0.2, 0.25) is 10.0 Å². The molecule has 1 N–H and O–H groups in total. The predicted octanol–water partition coefficient (Wildman–Crippen LogP) is 4.67. The number of amides is 1. The topological polar surface area (TPSA) is 68.5 Å². The van der Waals surface area contributed by atoms with Gasteiger partial charge in [0.2, 0.25) is 5.76 Å². The summed E-state index contributed by atoms with van der Waals surface area (Å²) < 4.78 is 23.2. The highest BCUT2D eigenvalue weighted by atomic mass is 35.5. The number of carbonyl (C=O) groups is 2. The van der Waals surface area contributed by atoms with Crippen molar-refractivity contribution < 1.29 is 23.1 Å². The van der Waals surface area contributed by atoms with Gasteiger partial charge in [0.15, 0.2) is 6.61 Å². The maximum Gasteiger partial charge on any atom is 0.374 e. The van der Waals surface area contributed by atoms with Gasteiger partial charge in [0.05, 0.1) is 10.7 Å². The van der Waals surface area contributed by atoms with Gasteiger partial charge in [-0.2, -0.15) is 0 Å². The first-order chi connectivity index (χ1) is 11.9. The summed E-state index contributed by atoms with van der Waals surface area (Å²) in [5.74, 6) is -2.00. The number of esters is 1. The van der Waals surface area contributed by atoms with E-state index in [1.165, 1.54) is 12.1 Å². The number of ether oxygens (including phenoxy) is 1. The molecule has 0 aliphatic rings. The quantitative estimate of drug-likeness (QED) is 0.666. The summed E-state index contributed by atoms with van der Waals surface area (Å²) in [5.41, 5.74) is 0.682. The minimum atomic E-state index is -0.798. The number of nitrogens with one attached hydrogen (secondary N) is 1. The second kappa shape index (κ2) is 7.13. The van der Waals surface area contributed by atoms with Crippen molar-refractivity contribution in [3.63, 3.8) is 0 Å². The molecule has 1 amide bonds. The average molecular weight is 382 g/mol. The Labute approximate surface area is 151 Å². The Morgan fingerprint density at radius 2 is 1.92 bits per heavy atom. The van der Waals surface area contributed by atoms with Crippen molar-refractivity contribution in [2.24, 2.45) is 0 Å². The summed E-state index contributed by atoms with van der Waals surface area (Å²) >= 11 is 11.7. The van der Waals surface area contributed by atoms with Crippen LogP contribution in [0.25, 0.3) is 11.0 Å². The lowest BCUT2D eigenvalue weighted by Crippen LogP contribution is -2.21. The molecule has 0 atom stereocenters. The van der Waals surface area contributed by atoms with E-state index in [0.29, 0.717) is 16.0 Å². The highest BCUT2D eigenvalue weighted by Crippen LogP contribution is 2.24. The highest BCUT2D eigenvalue weighted by Gasteiger charge is 2.16. The molecule has 0 spiro atoms. The maximum absolute atomic E-state index is 13.0. The maximum atomic E-state index is 13.0. The Morgan fingerprint density at radius 1 is 1.12 bits per heavy atom. The largest absolute Gasteiger partial charge is 0.450 e. The standard InChI is InChI=1S/C17H10Cl2FNO4/c18-10-1-4-14-9(5-10)6-15(25-14)17(23)24-8-16(22)21-13-3-2-11(20)7-12(13)19/h1-7H,8H2,(H,21,22). The van der Waals surface area contributed by atoms with Crippen molar-refractivity contribution in [1.29, 1.82) is 0 Å². The fourth-order valence-corrected chi connectivity index (χ4v) is 2.49.